The SMILES string of the molecule is COc1ccccc1Oc1ccc(NC(=O)CC(CN)OC)cc1. The molecule has 0 radical (unpaired) electrons. The highest BCUT2D eigenvalue weighted by Gasteiger charge is 2.11. The van der Waals surface area contributed by atoms with Gasteiger partial charge in [0.2, 0.25) is 5.91 Å². The van der Waals surface area contributed by atoms with Crippen LogP contribution in [0, 0.1) is 0 Å². The fourth-order valence-electron chi connectivity index (χ4n) is 2.12. The van der Waals surface area contributed by atoms with Gasteiger partial charge in [0.1, 0.15) is 5.75 Å². The minimum Gasteiger partial charge on any atom is -0.493 e. The molecular formula is C18H22N2O4. The summed E-state index contributed by atoms with van der Waals surface area (Å²) in [6.07, 6.45) is -0.0647. The quantitative estimate of drug-likeness (QED) is 0.778. The minimum absolute atomic E-state index is 0.148. The summed E-state index contributed by atoms with van der Waals surface area (Å²) in [6, 6.07) is 14.5. The lowest BCUT2D eigenvalue weighted by atomic mass is 10.2. The smallest absolute Gasteiger partial charge is 0.227 e. The van der Waals surface area contributed by atoms with E-state index in [-0.39, 0.29) is 18.4 Å². The van der Waals surface area contributed by atoms with E-state index in [0.29, 0.717) is 29.5 Å². The molecule has 6 heteroatoms. The Hall–Kier alpha value is -2.57. The number of hydrogen-bond donors (Lipinski definition) is 2. The number of rotatable bonds is 8. The number of nitrogens with two attached hydrogens (primary N) is 1. The molecular weight excluding hydrogens is 308 g/mol. The third-order valence-corrected chi connectivity index (χ3v) is 3.44. The molecule has 6 nitrogen and oxygen atoms in total. The Labute approximate surface area is 141 Å². The summed E-state index contributed by atoms with van der Waals surface area (Å²) in [6.45, 7) is 0.301. The van der Waals surface area contributed by atoms with Gasteiger partial charge in [-0.2, -0.15) is 0 Å². The van der Waals surface area contributed by atoms with Crippen LogP contribution in [0.25, 0.3) is 0 Å². The van der Waals surface area contributed by atoms with Crippen LogP contribution >= 0.6 is 0 Å². The van der Waals surface area contributed by atoms with Crippen molar-refractivity contribution in [3.8, 4) is 17.2 Å². The maximum Gasteiger partial charge on any atom is 0.227 e. The molecule has 1 atom stereocenters. The number of amides is 1. The van der Waals surface area contributed by atoms with Crippen LogP contribution in [0.2, 0.25) is 0 Å². The first-order chi connectivity index (χ1) is 11.7. The Balaban J connectivity index is 1.96. The lowest BCUT2D eigenvalue weighted by Gasteiger charge is -2.13. The van der Waals surface area contributed by atoms with Gasteiger partial charge in [0.05, 0.1) is 19.6 Å². The molecule has 2 aromatic carbocycles. The van der Waals surface area contributed by atoms with E-state index >= 15 is 0 Å². The molecule has 24 heavy (non-hydrogen) atoms. The van der Waals surface area contributed by atoms with Crippen LogP contribution in [-0.2, 0) is 9.53 Å². The van der Waals surface area contributed by atoms with Crippen molar-refractivity contribution in [2.24, 2.45) is 5.73 Å². The Morgan fingerprint density at radius 1 is 1.08 bits per heavy atom. The number of anilines is 1. The molecule has 3 N–H and O–H groups in total. The van der Waals surface area contributed by atoms with E-state index in [2.05, 4.69) is 5.32 Å². The number of nitrogens with one attached hydrogen (secondary N) is 1. The molecule has 0 aliphatic rings. The molecule has 0 fully saturated rings. The summed E-state index contributed by atoms with van der Waals surface area (Å²) in [5.41, 5.74) is 6.19. The average molecular weight is 330 g/mol. The van der Waals surface area contributed by atoms with Crippen molar-refractivity contribution in [1.82, 2.24) is 0 Å². The molecule has 1 unspecified atom stereocenters. The molecule has 0 aliphatic heterocycles. The first-order valence-electron chi connectivity index (χ1n) is 7.60. The Morgan fingerprint density at radius 2 is 1.75 bits per heavy atom. The van der Waals surface area contributed by atoms with E-state index < -0.39 is 0 Å². The standard InChI is InChI=1S/C18H22N2O4/c1-22-15(12-19)11-18(21)20-13-7-9-14(10-8-13)24-17-6-4-3-5-16(17)23-2/h3-10,15H,11-12,19H2,1-2H3,(H,20,21). The van der Waals surface area contributed by atoms with Gasteiger partial charge in [-0.05, 0) is 36.4 Å². The van der Waals surface area contributed by atoms with Gasteiger partial charge in [0.25, 0.3) is 0 Å². The summed E-state index contributed by atoms with van der Waals surface area (Å²) >= 11 is 0. The minimum atomic E-state index is -0.279. The maximum absolute atomic E-state index is 11.9. The van der Waals surface area contributed by atoms with Crippen molar-refractivity contribution in [1.29, 1.82) is 0 Å². The first-order valence-corrected chi connectivity index (χ1v) is 7.60. The summed E-state index contributed by atoms with van der Waals surface area (Å²) in [5, 5.41) is 2.80. The number of para-hydroxylation sites is 2. The van der Waals surface area contributed by atoms with Gasteiger partial charge in [0.15, 0.2) is 11.5 Å². The zero-order valence-corrected chi connectivity index (χ0v) is 13.8. The van der Waals surface area contributed by atoms with E-state index in [0.717, 1.165) is 0 Å². The molecule has 2 aromatic rings. The number of ether oxygens (including phenoxy) is 3. The van der Waals surface area contributed by atoms with Gasteiger partial charge in [-0.25, -0.2) is 0 Å². The highest BCUT2D eigenvalue weighted by Crippen LogP contribution is 2.31. The Morgan fingerprint density at radius 3 is 2.33 bits per heavy atom. The van der Waals surface area contributed by atoms with E-state index in [1.54, 1.807) is 31.4 Å². The lowest BCUT2D eigenvalue weighted by Crippen LogP contribution is -2.28. The topological polar surface area (TPSA) is 82.8 Å². The highest BCUT2D eigenvalue weighted by atomic mass is 16.5. The highest BCUT2D eigenvalue weighted by molar-refractivity contribution is 5.91. The summed E-state index contributed by atoms with van der Waals surface area (Å²) < 4.78 is 16.1. The third kappa shape index (κ3) is 4.97. The van der Waals surface area contributed by atoms with Crippen LogP contribution in [0.5, 0.6) is 17.2 Å². The normalized spacial score (nSPS) is 11.6. The first kappa shape index (κ1) is 17.8. The number of carbonyl (C=O) groups excluding carboxylic acids is 1. The number of carbonyl (C=O) groups is 1. The largest absolute Gasteiger partial charge is 0.493 e. The van der Waals surface area contributed by atoms with E-state index in [4.69, 9.17) is 19.9 Å². The Bertz CT molecular complexity index is 654. The molecule has 0 saturated heterocycles. The van der Waals surface area contributed by atoms with Gasteiger partial charge in [-0.1, -0.05) is 12.1 Å². The Kier molecular flexibility index (Phi) is 6.60. The van der Waals surface area contributed by atoms with Crippen molar-refractivity contribution in [3.63, 3.8) is 0 Å². The van der Waals surface area contributed by atoms with Crippen LogP contribution in [-0.4, -0.2) is 32.8 Å². The molecule has 0 bridgehead atoms. The number of methoxy groups -OCH3 is 2. The molecule has 0 aliphatic carbocycles. The predicted octanol–water partition coefficient (Wildman–Crippen LogP) is 2.79. The van der Waals surface area contributed by atoms with Crippen LogP contribution in [0.3, 0.4) is 0 Å². The van der Waals surface area contributed by atoms with Crippen LogP contribution in [0.15, 0.2) is 48.5 Å². The van der Waals surface area contributed by atoms with Crippen molar-refractivity contribution in [3.05, 3.63) is 48.5 Å². The maximum atomic E-state index is 11.9. The monoisotopic (exact) mass is 330 g/mol. The molecule has 0 saturated carbocycles. The second-order valence-corrected chi connectivity index (χ2v) is 5.12. The van der Waals surface area contributed by atoms with Crippen LogP contribution in [0.4, 0.5) is 5.69 Å². The zero-order valence-electron chi connectivity index (χ0n) is 13.8. The van der Waals surface area contributed by atoms with Gasteiger partial charge in [0, 0.05) is 19.3 Å². The third-order valence-electron chi connectivity index (χ3n) is 3.44. The van der Waals surface area contributed by atoms with Crippen molar-refractivity contribution in [2.45, 2.75) is 12.5 Å². The fourth-order valence-corrected chi connectivity index (χ4v) is 2.12. The summed E-state index contributed by atoms with van der Waals surface area (Å²) in [7, 11) is 3.13. The van der Waals surface area contributed by atoms with E-state index in [1.807, 2.05) is 24.3 Å². The van der Waals surface area contributed by atoms with Crippen molar-refractivity contribution in [2.75, 3.05) is 26.1 Å². The van der Waals surface area contributed by atoms with E-state index in [9.17, 15) is 4.79 Å². The zero-order chi connectivity index (χ0) is 17.4. The molecule has 0 heterocycles. The molecule has 1 amide bonds. The molecule has 0 spiro atoms. The number of benzene rings is 2. The lowest BCUT2D eigenvalue weighted by molar-refractivity contribution is -0.118. The molecule has 2 rings (SSSR count). The predicted molar refractivity (Wildman–Crippen MR) is 92.6 cm³/mol. The van der Waals surface area contributed by atoms with Gasteiger partial charge in [-0.15, -0.1) is 0 Å². The number of hydrogen-bond acceptors (Lipinski definition) is 5. The van der Waals surface area contributed by atoms with Gasteiger partial charge < -0.3 is 25.3 Å². The molecule has 0 aromatic heterocycles. The summed E-state index contributed by atoms with van der Waals surface area (Å²) in [4.78, 5) is 11.9. The average Bonchev–Trinajstić information content (AvgIpc) is 2.61. The summed E-state index contributed by atoms with van der Waals surface area (Å²) in [5.74, 6) is 1.78. The second-order valence-electron chi connectivity index (χ2n) is 5.12. The second kappa shape index (κ2) is 8.90. The molecule has 128 valence electrons. The van der Waals surface area contributed by atoms with Crippen LogP contribution in [0.1, 0.15) is 6.42 Å². The fraction of sp³-hybridized carbons (Fsp3) is 0.278. The van der Waals surface area contributed by atoms with Gasteiger partial charge in [-0.3, -0.25) is 4.79 Å². The van der Waals surface area contributed by atoms with E-state index in [1.165, 1.54) is 7.11 Å². The van der Waals surface area contributed by atoms with Crippen LogP contribution < -0.4 is 20.5 Å². The van der Waals surface area contributed by atoms with Crippen molar-refractivity contribution >= 4 is 11.6 Å². The van der Waals surface area contributed by atoms with Gasteiger partial charge >= 0.3 is 0 Å². The van der Waals surface area contributed by atoms with Crippen molar-refractivity contribution < 1.29 is 19.0 Å².